The van der Waals surface area contributed by atoms with Gasteiger partial charge in [0.15, 0.2) is 0 Å². The van der Waals surface area contributed by atoms with Crippen molar-refractivity contribution in [2.24, 2.45) is 0 Å². The highest BCUT2D eigenvalue weighted by Crippen LogP contribution is 2.33. The lowest BCUT2D eigenvalue weighted by molar-refractivity contribution is -0.142. The minimum atomic E-state index is -0.120. The first kappa shape index (κ1) is 8.30. The van der Waals surface area contributed by atoms with Crippen molar-refractivity contribution in [3.05, 3.63) is 35.4 Å². The maximum atomic E-state index is 11.3. The van der Waals surface area contributed by atoms with Crippen molar-refractivity contribution in [3.63, 3.8) is 0 Å². The molecule has 2 nitrogen and oxygen atoms in total. The number of esters is 1. The highest BCUT2D eigenvalue weighted by molar-refractivity contribution is 5.79. The Morgan fingerprint density at radius 3 is 3.31 bits per heavy atom. The molecule has 13 heavy (non-hydrogen) atoms. The zero-order valence-electron chi connectivity index (χ0n) is 7.54. The van der Waals surface area contributed by atoms with E-state index in [0.717, 1.165) is 18.4 Å². The Bertz CT molecular complexity index is 331. The third kappa shape index (κ3) is 1.32. The Hall–Kier alpha value is -1.31. The first-order valence-electron chi connectivity index (χ1n) is 4.39. The summed E-state index contributed by atoms with van der Waals surface area (Å²) in [5.74, 6) is -0.167. The monoisotopic (exact) mass is 175 g/mol. The summed E-state index contributed by atoms with van der Waals surface area (Å²) in [5, 5.41) is 0. The molecule has 0 aromatic heterocycles. The normalized spacial score (nSPS) is 19.6. The van der Waals surface area contributed by atoms with Gasteiger partial charge < -0.3 is 4.74 Å². The van der Waals surface area contributed by atoms with Gasteiger partial charge in [0.2, 0.25) is 0 Å². The van der Waals surface area contributed by atoms with Gasteiger partial charge in [-0.2, -0.15) is 0 Å². The summed E-state index contributed by atoms with van der Waals surface area (Å²) in [5.41, 5.74) is 2.35. The van der Waals surface area contributed by atoms with Crippen molar-refractivity contribution in [1.82, 2.24) is 0 Å². The molecule has 0 amide bonds. The van der Waals surface area contributed by atoms with E-state index >= 15 is 0 Å². The highest BCUT2D eigenvalue weighted by atomic mass is 16.5. The van der Waals surface area contributed by atoms with E-state index in [2.05, 4.69) is 6.07 Å². The summed E-state index contributed by atoms with van der Waals surface area (Å²) in [6.07, 6.45) is 1.84. The molecule has 0 aliphatic heterocycles. The fourth-order valence-electron chi connectivity index (χ4n) is 1.88. The van der Waals surface area contributed by atoms with Crippen LogP contribution in [0, 0.1) is 6.07 Å². The molecular formula is C11H11O2. The van der Waals surface area contributed by atoms with E-state index in [0.29, 0.717) is 0 Å². The van der Waals surface area contributed by atoms with Gasteiger partial charge in [-0.15, -0.1) is 0 Å². The van der Waals surface area contributed by atoms with Crippen LogP contribution in [0.1, 0.15) is 23.5 Å². The summed E-state index contributed by atoms with van der Waals surface area (Å²) < 4.78 is 4.74. The Morgan fingerprint density at radius 1 is 1.69 bits per heavy atom. The van der Waals surface area contributed by atoms with Crippen molar-refractivity contribution in [2.75, 3.05) is 7.11 Å². The van der Waals surface area contributed by atoms with Gasteiger partial charge in [-0.1, -0.05) is 18.2 Å². The van der Waals surface area contributed by atoms with Crippen LogP contribution in [0.25, 0.3) is 0 Å². The van der Waals surface area contributed by atoms with Crippen LogP contribution in [-0.2, 0) is 16.0 Å². The topological polar surface area (TPSA) is 26.3 Å². The molecular weight excluding hydrogens is 164 g/mol. The molecule has 0 saturated carbocycles. The van der Waals surface area contributed by atoms with E-state index in [1.165, 1.54) is 12.7 Å². The zero-order chi connectivity index (χ0) is 9.26. The van der Waals surface area contributed by atoms with Crippen molar-refractivity contribution in [3.8, 4) is 0 Å². The number of hydrogen-bond donors (Lipinski definition) is 0. The molecule has 2 rings (SSSR count). The SMILES string of the molecule is COC(=O)C1CCc2c[c]ccc21. The first-order chi connectivity index (χ1) is 6.33. The summed E-state index contributed by atoms with van der Waals surface area (Å²) in [6.45, 7) is 0. The second-order valence-electron chi connectivity index (χ2n) is 3.24. The number of benzene rings is 1. The van der Waals surface area contributed by atoms with Crippen LogP contribution < -0.4 is 0 Å². The van der Waals surface area contributed by atoms with Crippen molar-refractivity contribution >= 4 is 5.97 Å². The van der Waals surface area contributed by atoms with E-state index < -0.39 is 0 Å². The first-order valence-corrected chi connectivity index (χ1v) is 4.39. The standard InChI is InChI=1S/C11H11O2/c1-13-11(12)10-7-6-8-4-2-3-5-9(8)10/h3-5,10H,6-7H2,1H3. The fourth-order valence-corrected chi connectivity index (χ4v) is 1.88. The molecule has 1 atom stereocenters. The number of rotatable bonds is 1. The lowest BCUT2D eigenvalue weighted by atomic mass is 10.0. The van der Waals surface area contributed by atoms with Gasteiger partial charge >= 0.3 is 5.97 Å². The minimum Gasteiger partial charge on any atom is -0.469 e. The average Bonchev–Trinajstić information content (AvgIpc) is 2.60. The van der Waals surface area contributed by atoms with Crippen molar-refractivity contribution in [2.45, 2.75) is 18.8 Å². The van der Waals surface area contributed by atoms with Crippen LogP contribution in [0.3, 0.4) is 0 Å². The molecule has 0 spiro atoms. The molecule has 1 radical (unpaired) electrons. The number of carbonyl (C=O) groups excluding carboxylic acids is 1. The maximum Gasteiger partial charge on any atom is 0.313 e. The van der Waals surface area contributed by atoms with Gasteiger partial charge in [-0.05, 0) is 30.0 Å². The van der Waals surface area contributed by atoms with Gasteiger partial charge in [0.25, 0.3) is 0 Å². The van der Waals surface area contributed by atoms with Crippen LogP contribution in [0.15, 0.2) is 18.2 Å². The third-order valence-corrected chi connectivity index (χ3v) is 2.55. The number of methoxy groups -OCH3 is 1. The Labute approximate surface area is 77.5 Å². The molecule has 0 N–H and O–H groups in total. The summed E-state index contributed by atoms with van der Waals surface area (Å²) in [7, 11) is 1.44. The molecule has 1 aliphatic carbocycles. The second-order valence-corrected chi connectivity index (χ2v) is 3.24. The number of hydrogen-bond acceptors (Lipinski definition) is 2. The van der Waals surface area contributed by atoms with Crippen LogP contribution in [-0.4, -0.2) is 13.1 Å². The lowest BCUT2D eigenvalue weighted by Gasteiger charge is -2.07. The molecule has 1 unspecified atom stereocenters. The largest absolute Gasteiger partial charge is 0.469 e. The Balaban J connectivity index is 2.33. The second kappa shape index (κ2) is 3.21. The zero-order valence-corrected chi connectivity index (χ0v) is 7.54. The molecule has 0 saturated heterocycles. The summed E-state index contributed by atoms with van der Waals surface area (Å²) in [6, 6.07) is 8.78. The molecule has 2 heteroatoms. The molecule has 1 aliphatic rings. The molecule has 0 fully saturated rings. The predicted octanol–water partition coefficient (Wildman–Crippen LogP) is 1.69. The minimum absolute atomic E-state index is 0.0467. The summed E-state index contributed by atoms with van der Waals surface area (Å²) in [4.78, 5) is 11.3. The maximum absolute atomic E-state index is 11.3. The van der Waals surface area contributed by atoms with Crippen LogP contribution in [0.5, 0.6) is 0 Å². The van der Waals surface area contributed by atoms with Gasteiger partial charge in [0, 0.05) is 0 Å². The van der Waals surface area contributed by atoms with Gasteiger partial charge in [0.1, 0.15) is 0 Å². The molecule has 0 bridgehead atoms. The van der Waals surface area contributed by atoms with Gasteiger partial charge in [0.05, 0.1) is 13.0 Å². The molecule has 0 heterocycles. The van der Waals surface area contributed by atoms with Crippen LogP contribution in [0.4, 0.5) is 0 Å². The van der Waals surface area contributed by atoms with Gasteiger partial charge in [-0.25, -0.2) is 0 Å². The lowest BCUT2D eigenvalue weighted by Crippen LogP contribution is -2.10. The van der Waals surface area contributed by atoms with E-state index in [1.807, 2.05) is 18.2 Å². The highest BCUT2D eigenvalue weighted by Gasteiger charge is 2.28. The molecule has 1 aromatic rings. The van der Waals surface area contributed by atoms with Crippen molar-refractivity contribution in [1.29, 1.82) is 0 Å². The van der Waals surface area contributed by atoms with E-state index in [-0.39, 0.29) is 11.9 Å². The Kier molecular flexibility index (Phi) is 2.05. The summed E-state index contributed by atoms with van der Waals surface area (Å²) >= 11 is 0. The number of aryl methyl sites for hydroxylation is 1. The van der Waals surface area contributed by atoms with Gasteiger partial charge in [-0.3, -0.25) is 4.79 Å². The van der Waals surface area contributed by atoms with E-state index in [1.54, 1.807) is 0 Å². The average molecular weight is 175 g/mol. The fraction of sp³-hybridized carbons (Fsp3) is 0.364. The Morgan fingerprint density at radius 2 is 2.54 bits per heavy atom. The smallest absolute Gasteiger partial charge is 0.313 e. The van der Waals surface area contributed by atoms with Crippen LogP contribution >= 0.6 is 0 Å². The molecule has 67 valence electrons. The number of carbonyl (C=O) groups is 1. The predicted molar refractivity (Wildman–Crippen MR) is 48.4 cm³/mol. The number of ether oxygens (including phenoxy) is 1. The van der Waals surface area contributed by atoms with E-state index in [4.69, 9.17) is 4.74 Å². The third-order valence-electron chi connectivity index (χ3n) is 2.55. The van der Waals surface area contributed by atoms with Crippen molar-refractivity contribution < 1.29 is 9.53 Å². The van der Waals surface area contributed by atoms with Crippen LogP contribution in [0.2, 0.25) is 0 Å². The number of fused-ring (bicyclic) bond motifs is 1. The molecule has 1 aromatic carbocycles. The van der Waals surface area contributed by atoms with E-state index in [9.17, 15) is 4.79 Å². The quantitative estimate of drug-likeness (QED) is 0.607.